The maximum Gasteiger partial charge on any atom is 0.328 e. The lowest BCUT2D eigenvalue weighted by Crippen LogP contribution is -2.42. The minimum Gasteiger partial charge on any atom is -0.467 e. The molecule has 0 fully saturated rings. The highest BCUT2D eigenvalue weighted by Crippen LogP contribution is 2.19. The number of aromatic amines is 1. The maximum atomic E-state index is 11.7. The first-order valence-corrected chi connectivity index (χ1v) is 6.21. The van der Waals surface area contributed by atoms with Crippen molar-refractivity contribution in [2.75, 3.05) is 7.11 Å². The van der Waals surface area contributed by atoms with Crippen LogP contribution in [-0.4, -0.2) is 30.0 Å². The molecule has 5 heteroatoms. The molecule has 20 heavy (non-hydrogen) atoms. The predicted octanol–water partition coefficient (Wildman–Crippen LogP) is 1.55. The molecule has 1 heterocycles. The van der Waals surface area contributed by atoms with Crippen molar-refractivity contribution in [2.24, 2.45) is 0 Å². The quantitative estimate of drug-likeness (QED) is 0.641. The molecule has 0 aliphatic heterocycles. The summed E-state index contributed by atoms with van der Waals surface area (Å²) < 4.78 is 4.72. The highest BCUT2D eigenvalue weighted by atomic mass is 16.5. The van der Waals surface area contributed by atoms with Crippen LogP contribution in [0.4, 0.5) is 0 Å². The van der Waals surface area contributed by atoms with Gasteiger partial charge in [0.1, 0.15) is 6.04 Å². The Bertz CT molecular complexity index is 645. The van der Waals surface area contributed by atoms with Crippen molar-refractivity contribution in [3.05, 3.63) is 48.7 Å². The summed E-state index contributed by atoms with van der Waals surface area (Å²) in [6, 6.07) is 7.04. The Kier molecular flexibility index (Phi) is 4.20. The molecule has 2 rings (SSSR count). The monoisotopic (exact) mass is 272 g/mol. The molecule has 104 valence electrons. The van der Waals surface area contributed by atoms with Gasteiger partial charge in [-0.05, 0) is 17.7 Å². The van der Waals surface area contributed by atoms with Crippen molar-refractivity contribution in [3.8, 4) is 0 Å². The standard InChI is InChI=1S/C15H16N2O3/c1-3-14(18)17-13(15(19)20-2)8-10-9-16-12-7-5-4-6-11(10)12/h3-7,9,13,16H,1,8H2,2H3,(H,17,18)/t13-/m0/s1. The summed E-state index contributed by atoms with van der Waals surface area (Å²) in [5, 5.41) is 3.60. The molecule has 0 spiro atoms. The molecule has 0 bridgehead atoms. The number of carbonyl (C=O) groups excluding carboxylic acids is 2. The highest BCUT2D eigenvalue weighted by molar-refractivity contribution is 5.91. The Morgan fingerprint density at radius 2 is 2.20 bits per heavy atom. The van der Waals surface area contributed by atoms with Crippen LogP contribution >= 0.6 is 0 Å². The smallest absolute Gasteiger partial charge is 0.328 e. The SMILES string of the molecule is C=CC(=O)N[C@@H](Cc1c[nH]c2ccccc12)C(=O)OC. The Hall–Kier alpha value is -2.56. The number of nitrogens with one attached hydrogen (secondary N) is 2. The number of rotatable bonds is 5. The van der Waals surface area contributed by atoms with Crippen LogP contribution in [0.1, 0.15) is 5.56 Å². The zero-order valence-corrected chi connectivity index (χ0v) is 11.2. The van der Waals surface area contributed by atoms with Crippen molar-refractivity contribution in [3.63, 3.8) is 0 Å². The molecule has 1 aromatic heterocycles. The zero-order chi connectivity index (χ0) is 14.5. The zero-order valence-electron chi connectivity index (χ0n) is 11.2. The predicted molar refractivity (Wildman–Crippen MR) is 76.1 cm³/mol. The van der Waals surface area contributed by atoms with Gasteiger partial charge >= 0.3 is 5.97 Å². The number of H-pyrrole nitrogens is 1. The van der Waals surface area contributed by atoms with Crippen molar-refractivity contribution in [1.82, 2.24) is 10.3 Å². The van der Waals surface area contributed by atoms with Gasteiger partial charge < -0.3 is 15.0 Å². The molecule has 0 saturated carbocycles. The lowest BCUT2D eigenvalue weighted by Gasteiger charge is -2.15. The second kappa shape index (κ2) is 6.06. The number of methoxy groups -OCH3 is 1. The van der Waals surface area contributed by atoms with Crippen molar-refractivity contribution >= 4 is 22.8 Å². The Morgan fingerprint density at radius 1 is 1.45 bits per heavy atom. The van der Waals surface area contributed by atoms with Gasteiger partial charge in [-0.15, -0.1) is 0 Å². The van der Waals surface area contributed by atoms with E-state index in [1.807, 2.05) is 30.5 Å². The summed E-state index contributed by atoms with van der Waals surface area (Å²) in [7, 11) is 1.30. The van der Waals surface area contributed by atoms with Crippen LogP contribution in [-0.2, 0) is 20.7 Å². The number of benzene rings is 1. The first-order chi connectivity index (χ1) is 9.65. The van der Waals surface area contributed by atoms with E-state index in [2.05, 4.69) is 16.9 Å². The molecule has 0 aliphatic carbocycles. The van der Waals surface area contributed by atoms with E-state index in [4.69, 9.17) is 4.74 Å². The number of hydrogen-bond acceptors (Lipinski definition) is 3. The van der Waals surface area contributed by atoms with Crippen LogP contribution in [0.5, 0.6) is 0 Å². The van der Waals surface area contributed by atoms with Gasteiger partial charge in [0.15, 0.2) is 0 Å². The number of esters is 1. The van der Waals surface area contributed by atoms with Crippen LogP contribution in [0.2, 0.25) is 0 Å². The topological polar surface area (TPSA) is 71.2 Å². The van der Waals surface area contributed by atoms with Crippen LogP contribution in [0, 0.1) is 0 Å². The minimum atomic E-state index is -0.732. The number of ether oxygens (including phenoxy) is 1. The summed E-state index contributed by atoms with van der Waals surface area (Å²) in [6.07, 6.45) is 3.32. The highest BCUT2D eigenvalue weighted by Gasteiger charge is 2.22. The van der Waals surface area contributed by atoms with Gasteiger partial charge in [-0.2, -0.15) is 0 Å². The Labute approximate surface area is 116 Å². The molecule has 0 radical (unpaired) electrons. The summed E-state index contributed by atoms with van der Waals surface area (Å²) in [6.45, 7) is 3.38. The third-order valence-electron chi connectivity index (χ3n) is 3.09. The first-order valence-electron chi connectivity index (χ1n) is 6.21. The van der Waals surface area contributed by atoms with Crippen molar-refractivity contribution < 1.29 is 14.3 Å². The van der Waals surface area contributed by atoms with Gasteiger partial charge in [-0.3, -0.25) is 4.79 Å². The first kappa shape index (κ1) is 13.9. The van der Waals surface area contributed by atoms with Gasteiger partial charge in [0, 0.05) is 23.5 Å². The summed E-state index contributed by atoms with van der Waals surface area (Å²) in [5.41, 5.74) is 1.93. The summed E-state index contributed by atoms with van der Waals surface area (Å²) in [5.74, 6) is -0.884. The Balaban J connectivity index is 2.24. The number of hydrogen-bond donors (Lipinski definition) is 2. The fourth-order valence-electron chi connectivity index (χ4n) is 2.09. The molecule has 0 unspecified atom stereocenters. The van der Waals surface area contributed by atoms with Crippen LogP contribution in [0.3, 0.4) is 0 Å². The van der Waals surface area contributed by atoms with E-state index < -0.39 is 17.9 Å². The van der Waals surface area contributed by atoms with E-state index in [0.29, 0.717) is 6.42 Å². The molecule has 5 nitrogen and oxygen atoms in total. The second-order valence-corrected chi connectivity index (χ2v) is 4.35. The van der Waals surface area contributed by atoms with E-state index >= 15 is 0 Å². The van der Waals surface area contributed by atoms with Gasteiger partial charge in [-0.25, -0.2) is 4.79 Å². The van der Waals surface area contributed by atoms with Crippen molar-refractivity contribution in [2.45, 2.75) is 12.5 Å². The summed E-state index contributed by atoms with van der Waals surface area (Å²) in [4.78, 5) is 26.3. The molecule has 0 saturated heterocycles. The van der Waals surface area contributed by atoms with Gasteiger partial charge in [0.05, 0.1) is 7.11 Å². The molecular weight excluding hydrogens is 256 g/mol. The van der Waals surface area contributed by atoms with Gasteiger partial charge in [0.25, 0.3) is 0 Å². The van der Waals surface area contributed by atoms with E-state index in [1.165, 1.54) is 7.11 Å². The normalized spacial score (nSPS) is 11.8. The number of aromatic nitrogens is 1. The molecule has 2 N–H and O–H groups in total. The molecule has 2 aromatic rings. The van der Waals surface area contributed by atoms with E-state index in [9.17, 15) is 9.59 Å². The fourth-order valence-corrected chi connectivity index (χ4v) is 2.09. The van der Waals surface area contributed by atoms with Crippen LogP contribution in [0.25, 0.3) is 10.9 Å². The van der Waals surface area contributed by atoms with Gasteiger partial charge in [-0.1, -0.05) is 24.8 Å². The second-order valence-electron chi connectivity index (χ2n) is 4.35. The average Bonchev–Trinajstić information content (AvgIpc) is 2.89. The van der Waals surface area contributed by atoms with E-state index in [1.54, 1.807) is 0 Å². The molecule has 1 amide bonds. The summed E-state index contributed by atoms with van der Waals surface area (Å²) >= 11 is 0. The largest absolute Gasteiger partial charge is 0.467 e. The fraction of sp³-hybridized carbons (Fsp3) is 0.200. The Morgan fingerprint density at radius 3 is 2.90 bits per heavy atom. The third kappa shape index (κ3) is 2.88. The van der Waals surface area contributed by atoms with E-state index in [-0.39, 0.29) is 0 Å². The molecule has 0 aliphatic rings. The third-order valence-corrected chi connectivity index (χ3v) is 3.09. The van der Waals surface area contributed by atoms with Crippen LogP contribution in [0.15, 0.2) is 43.1 Å². The number of para-hydroxylation sites is 1. The van der Waals surface area contributed by atoms with E-state index in [0.717, 1.165) is 22.5 Å². The molecule has 1 aromatic carbocycles. The van der Waals surface area contributed by atoms with Gasteiger partial charge in [0.2, 0.25) is 5.91 Å². The van der Waals surface area contributed by atoms with Crippen LogP contribution < -0.4 is 5.32 Å². The lowest BCUT2D eigenvalue weighted by atomic mass is 10.0. The molecule has 1 atom stereocenters. The van der Waals surface area contributed by atoms with Crippen molar-refractivity contribution in [1.29, 1.82) is 0 Å². The minimum absolute atomic E-state index is 0.357. The lowest BCUT2D eigenvalue weighted by molar-refractivity contribution is -0.144. The average molecular weight is 272 g/mol. The number of fused-ring (bicyclic) bond motifs is 1. The number of carbonyl (C=O) groups is 2. The maximum absolute atomic E-state index is 11.7. The number of amides is 1. The molecular formula is C15H16N2O3.